The van der Waals surface area contributed by atoms with Crippen LogP contribution in [0, 0.1) is 0 Å². The smallest absolute Gasteiger partial charge is 0.181 e. The zero-order chi connectivity index (χ0) is 12.5. The molecule has 0 spiro atoms. The molecule has 2 aromatic rings. The Morgan fingerprint density at radius 2 is 2.24 bits per heavy atom. The third-order valence-corrected chi connectivity index (χ3v) is 4.09. The van der Waals surface area contributed by atoms with Gasteiger partial charge in [-0.25, -0.2) is 4.98 Å². The van der Waals surface area contributed by atoms with Crippen LogP contribution >= 0.6 is 27.3 Å². The summed E-state index contributed by atoms with van der Waals surface area (Å²) in [6.45, 7) is 7.11. The summed E-state index contributed by atoms with van der Waals surface area (Å²) in [5.74, 6) is 0.851. The normalized spacial score (nSPS) is 12.0. The number of hydrogen-bond donors (Lipinski definition) is 1. The van der Waals surface area contributed by atoms with Crippen molar-refractivity contribution in [1.82, 2.24) is 10.3 Å². The van der Waals surface area contributed by atoms with Crippen LogP contribution < -0.4 is 5.32 Å². The van der Waals surface area contributed by atoms with Crippen molar-refractivity contribution in [1.29, 1.82) is 0 Å². The van der Waals surface area contributed by atoms with E-state index in [1.807, 2.05) is 11.4 Å². The molecule has 0 saturated heterocycles. The molecule has 5 heteroatoms. The SMILES string of the molecule is CC(C)(C)NCc1ncoc1-c1sccc1Br. The number of rotatable bonds is 3. The summed E-state index contributed by atoms with van der Waals surface area (Å²) in [4.78, 5) is 5.36. The molecule has 0 amide bonds. The van der Waals surface area contributed by atoms with E-state index in [2.05, 4.69) is 47.0 Å². The van der Waals surface area contributed by atoms with Crippen molar-refractivity contribution in [3.05, 3.63) is 28.0 Å². The minimum Gasteiger partial charge on any atom is -0.442 e. The number of oxazole rings is 1. The topological polar surface area (TPSA) is 38.1 Å². The standard InChI is InChI=1S/C12H15BrN2OS/c1-12(2,3)15-6-9-10(16-7-14-9)11-8(13)4-5-17-11/h4-5,7,15H,6H2,1-3H3. The number of nitrogens with one attached hydrogen (secondary N) is 1. The van der Waals surface area contributed by atoms with E-state index in [4.69, 9.17) is 4.42 Å². The van der Waals surface area contributed by atoms with Crippen molar-refractivity contribution in [2.45, 2.75) is 32.9 Å². The van der Waals surface area contributed by atoms with Crippen LogP contribution in [0.15, 0.2) is 26.7 Å². The fraction of sp³-hybridized carbons (Fsp3) is 0.417. The van der Waals surface area contributed by atoms with Crippen LogP contribution in [-0.2, 0) is 6.54 Å². The highest BCUT2D eigenvalue weighted by Crippen LogP contribution is 2.35. The van der Waals surface area contributed by atoms with Gasteiger partial charge in [-0.1, -0.05) is 0 Å². The van der Waals surface area contributed by atoms with Gasteiger partial charge in [0.15, 0.2) is 12.2 Å². The van der Waals surface area contributed by atoms with Gasteiger partial charge in [-0.3, -0.25) is 0 Å². The van der Waals surface area contributed by atoms with Gasteiger partial charge in [-0.05, 0) is 48.1 Å². The predicted octanol–water partition coefficient (Wildman–Crippen LogP) is 4.05. The Hall–Kier alpha value is -0.650. The quantitative estimate of drug-likeness (QED) is 0.928. The monoisotopic (exact) mass is 314 g/mol. The van der Waals surface area contributed by atoms with Gasteiger partial charge in [0.25, 0.3) is 0 Å². The lowest BCUT2D eigenvalue weighted by molar-refractivity contribution is 0.421. The molecule has 92 valence electrons. The highest BCUT2D eigenvalue weighted by molar-refractivity contribution is 9.10. The second-order valence-corrected chi connectivity index (χ2v) is 6.60. The van der Waals surface area contributed by atoms with Gasteiger partial charge in [0.05, 0.1) is 4.88 Å². The molecule has 0 aliphatic rings. The molecule has 0 saturated carbocycles. The molecule has 0 radical (unpaired) electrons. The molecule has 0 aliphatic carbocycles. The molecule has 0 bridgehead atoms. The maximum absolute atomic E-state index is 5.48. The first kappa shape index (κ1) is 12.8. The van der Waals surface area contributed by atoms with Crippen molar-refractivity contribution in [3.63, 3.8) is 0 Å². The zero-order valence-electron chi connectivity index (χ0n) is 10.1. The van der Waals surface area contributed by atoms with E-state index >= 15 is 0 Å². The second kappa shape index (κ2) is 4.92. The van der Waals surface area contributed by atoms with Crippen LogP contribution in [-0.4, -0.2) is 10.5 Å². The maximum Gasteiger partial charge on any atom is 0.181 e. The minimum atomic E-state index is 0.0723. The van der Waals surface area contributed by atoms with Crippen molar-refractivity contribution in [2.24, 2.45) is 0 Å². The molecule has 0 aliphatic heterocycles. The zero-order valence-corrected chi connectivity index (χ0v) is 12.5. The van der Waals surface area contributed by atoms with Crippen molar-refractivity contribution in [2.75, 3.05) is 0 Å². The Balaban J connectivity index is 2.21. The van der Waals surface area contributed by atoms with Gasteiger partial charge in [0, 0.05) is 16.6 Å². The van der Waals surface area contributed by atoms with Crippen molar-refractivity contribution in [3.8, 4) is 10.6 Å². The number of hydrogen-bond acceptors (Lipinski definition) is 4. The summed E-state index contributed by atoms with van der Waals surface area (Å²) in [5, 5.41) is 5.44. The summed E-state index contributed by atoms with van der Waals surface area (Å²) >= 11 is 5.16. The molecular formula is C12H15BrN2OS. The molecule has 0 fully saturated rings. The van der Waals surface area contributed by atoms with Crippen molar-refractivity contribution >= 4 is 27.3 Å². The summed E-state index contributed by atoms with van der Waals surface area (Å²) in [6, 6.07) is 2.02. The molecule has 2 heterocycles. The van der Waals surface area contributed by atoms with Crippen molar-refractivity contribution < 1.29 is 4.42 Å². The van der Waals surface area contributed by atoms with E-state index in [0.29, 0.717) is 6.54 Å². The van der Waals surface area contributed by atoms with Crippen LogP contribution in [0.5, 0.6) is 0 Å². The molecule has 17 heavy (non-hydrogen) atoms. The third kappa shape index (κ3) is 3.18. The van der Waals surface area contributed by atoms with Gasteiger partial charge in [0.2, 0.25) is 0 Å². The van der Waals surface area contributed by atoms with Gasteiger partial charge in [-0.15, -0.1) is 11.3 Å². The minimum absolute atomic E-state index is 0.0723. The molecule has 2 rings (SSSR count). The number of thiophene rings is 1. The third-order valence-electron chi connectivity index (χ3n) is 2.25. The average molecular weight is 315 g/mol. The second-order valence-electron chi connectivity index (χ2n) is 4.83. The predicted molar refractivity (Wildman–Crippen MR) is 74.1 cm³/mol. The van der Waals surface area contributed by atoms with Gasteiger partial charge in [-0.2, -0.15) is 0 Å². The molecule has 0 atom stereocenters. The first-order valence-corrected chi connectivity index (χ1v) is 7.05. The number of halogens is 1. The number of aromatic nitrogens is 1. The van der Waals surface area contributed by atoms with Gasteiger partial charge < -0.3 is 9.73 Å². The molecule has 1 N–H and O–H groups in total. The van der Waals surface area contributed by atoms with Crippen LogP contribution in [0.3, 0.4) is 0 Å². The first-order chi connectivity index (χ1) is 7.97. The van der Waals surface area contributed by atoms with Gasteiger partial charge >= 0.3 is 0 Å². The highest BCUT2D eigenvalue weighted by atomic mass is 79.9. The lowest BCUT2D eigenvalue weighted by Gasteiger charge is -2.19. The van der Waals surface area contributed by atoms with E-state index in [1.54, 1.807) is 11.3 Å². The summed E-state index contributed by atoms with van der Waals surface area (Å²) in [7, 11) is 0. The van der Waals surface area contributed by atoms with E-state index < -0.39 is 0 Å². The lowest BCUT2D eigenvalue weighted by Crippen LogP contribution is -2.35. The Kier molecular flexibility index (Phi) is 3.70. The molecule has 0 unspecified atom stereocenters. The Morgan fingerprint density at radius 3 is 2.82 bits per heavy atom. The van der Waals surface area contributed by atoms with Crippen LogP contribution in [0.1, 0.15) is 26.5 Å². The summed E-state index contributed by atoms with van der Waals surface area (Å²) < 4.78 is 6.54. The van der Waals surface area contributed by atoms with E-state index in [1.165, 1.54) is 6.39 Å². The fourth-order valence-electron chi connectivity index (χ4n) is 1.38. The first-order valence-electron chi connectivity index (χ1n) is 5.38. The highest BCUT2D eigenvalue weighted by Gasteiger charge is 2.17. The van der Waals surface area contributed by atoms with Crippen LogP contribution in [0.25, 0.3) is 10.6 Å². The lowest BCUT2D eigenvalue weighted by atomic mass is 10.1. The van der Waals surface area contributed by atoms with E-state index in [9.17, 15) is 0 Å². The molecule has 0 aromatic carbocycles. The fourth-order valence-corrected chi connectivity index (χ4v) is 2.95. The van der Waals surface area contributed by atoms with E-state index in [-0.39, 0.29) is 5.54 Å². The molecule has 3 nitrogen and oxygen atoms in total. The number of nitrogens with zero attached hydrogens (tertiary/aromatic N) is 1. The summed E-state index contributed by atoms with van der Waals surface area (Å²) in [5.41, 5.74) is 1.02. The average Bonchev–Trinajstić information content (AvgIpc) is 2.81. The largest absolute Gasteiger partial charge is 0.442 e. The Bertz CT molecular complexity index is 499. The Labute approximate surface area is 113 Å². The maximum atomic E-state index is 5.48. The van der Waals surface area contributed by atoms with E-state index in [0.717, 1.165) is 20.8 Å². The molecule has 2 aromatic heterocycles. The van der Waals surface area contributed by atoms with Crippen LogP contribution in [0.2, 0.25) is 0 Å². The molecular weight excluding hydrogens is 300 g/mol. The summed E-state index contributed by atoms with van der Waals surface area (Å²) in [6.07, 6.45) is 1.50. The Morgan fingerprint density at radius 1 is 1.47 bits per heavy atom. The van der Waals surface area contributed by atoms with Crippen LogP contribution in [0.4, 0.5) is 0 Å². The van der Waals surface area contributed by atoms with Gasteiger partial charge in [0.1, 0.15) is 5.69 Å².